The van der Waals surface area contributed by atoms with Gasteiger partial charge in [0.25, 0.3) is 0 Å². The molecule has 0 amide bonds. The zero-order valence-corrected chi connectivity index (χ0v) is 16.4. The molecule has 0 bridgehead atoms. The molecular formula is C24H19FN4O. The fourth-order valence-corrected chi connectivity index (χ4v) is 4.01. The molecule has 0 radical (unpaired) electrons. The molecule has 2 aromatic heterocycles. The number of nitrogens with zero attached hydrogens (tertiary/aromatic N) is 4. The van der Waals surface area contributed by atoms with E-state index >= 15 is 0 Å². The quantitative estimate of drug-likeness (QED) is 0.502. The number of carbonyl (C=O) groups excluding carboxylic acids is 1. The average Bonchev–Trinajstić information content (AvgIpc) is 3.10. The van der Waals surface area contributed by atoms with Crippen molar-refractivity contribution in [2.24, 2.45) is 5.92 Å². The zero-order valence-electron chi connectivity index (χ0n) is 16.4. The van der Waals surface area contributed by atoms with Crippen LogP contribution in [-0.2, 0) is 6.42 Å². The number of hydrogen-bond acceptors (Lipinski definition) is 4. The monoisotopic (exact) mass is 398 g/mol. The lowest BCUT2D eigenvalue weighted by atomic mass is 9.88. The molecule has 0 fully saturated rings. The number of rotatable bonds is 3. The third kappa shape index (κ3) is 3.20. The summed E-state index contributed by atoms with van der Waals surface area (Å²) in [5.74, 6) is -0.254. The summed E-state index contributed by atoms with van der Waals surface area (Å²) in [5.41, 5.74) is 5.23. The molecule has 1 aliphatic carbocycles. The number of allylic oxidation sites excluding steroid dienone is 1. The summed E-state index contributed by atoms with van der Waals surface area (Å²) in [5, 5.41) is 13.2. The van der Waals surface area contributed by atoms with Crippen molar-refractivity contribution in [2.75, 3.05) is 0 Å². The van der Waals surface area contributed by atoms with E-state index in [0.717, 1.165) is 28.1 Å². The molecule has 4 aromatic rings. The van der Waals surface area contributed by atoms with Crippen LogP contribution >= 0.6 is 0 Å². The SMILES string of the molecule is Cc1nn2c3c(nnc2c1-c1ccc(F)cc1)C(=O)C[C@H](/C=C/c1ccccc1)C3. The third-order valence-corrected chi connectivity index (χ3v) is 5.47. The molecule has 0 spiro atoms. The maximum absolute atomic E-state index is 13.4. The molecule has 148 valence electrons. The molecule has 0 saturated heterocycles. The lowest BCUT2D eigenvalue weighted by Crippen LogP contribution is -2.24. The van der Waals surface area contributed by atoms with Crippen molar-refractivity contribution in [3.63, 3.8) is 0 Å². The van der Waals surface area contributed by atoms with E-state index in [1.54, 1.807) is 16.6 Å². The van der Waals surface area contributed by atoms with Crippen molar-refractivity contribution < 1.29 is 9.18 Å². The number of Topliss-reactive ketones (excluding diaryl/α,β-unsaturated/α-hetero) is 1. The lowest BCUT2D eigenvalue weighted by Gasteiger charge is -2.20. The van der Waals surface area contributed by atoms with Crippen molar-refractivity contribution in [3.05, 3.63) is 89.1 Å². The molecule has 2 aromatic carbocycles. The van der Waals surface area contributed by atoms with E-state index in [4.69, 9.17) is 0 Å². The summed E-state index contributed by atoms with van der Waals surface area (Å²) in [6.45, 7) is 1.89. The highest BCUT2D eigenvalue weighted by Crippen LogP contribution is 2.31. The molecule has 5 nitrogen and oxygen atoms in total. The van der Waals surface area contributed by atoms with Crippen LogP contribution in [0.4, 0.5) is 4.39 Å². The largest absolute Gasteiger partial charge is 0.292 e. The molecule has 1 atom stereocenters. The van der Waals surface area contributed by atoms with E-state index in [2.05, 4.69) is 21.4 Å². The van der Waals surface area contributed by atoms with Gasteiger partial charge in [0.2, 0.25) is 0 Å². The van der Waals surface area contributed by atoms with Gasteiger partial charge in [-0.1, -0.05) is 54.6 Å². The zero-order chi connectivity index (χ0) is 20.7. The Balaban J connectivity index is 1.56. The Labute approximate surface area is 172 Å². The second-order valence-electron chi connectivity index (χ2n) is 7.56. The van der Waals surface area contributed by atoms with Gasteiger partial charge in [0.15, 0.2) is 17.1 Å². The van der Waals surface area contributed by atoms with Gasteiger partial charge in [0.05, 0.1) is 17.0 Å². The first-order chi connectivity index (χ1) is 14.6. The standard InChI is InChI=1S/C24H19FN4O/c1-15-22(18-9-11-19(25)12-10-18)24-27-26-23-20(29(24)28-15)13-17(14-21(23)30)8-7-16-5-3-2-4-6-16/h2-12,17H,13-14H2,1H3/b8-7+/t17-/m1/s1. The fraction of sp³-hybridized carbons (Fsp3) is 0.167. The Morgan fingerprint density at radius 1 is 1.03 bits per heavy atom. The smallest absolute Gasteiger partial charge is 0.185 e. The van der Waals surface area contributed by atoms with Gasteiger partial charge in [-0.05, 0) is 42.5 Å². The van der Waals surface area contributed by atoms with E-state index in [1.165, 1.54) is 12.1 Å². The van der Waals surface area contributed by atoms with Crippen LogP contribution in [0.25, 0.3) is 22.9 Å². The van der Waals surface area contributed by atoms with Gasteiger partial charge in [-0.25, -0.2) is 8.91 Å². The Hall–Kier alpha value is -3.67. The minimum absolute atomic E-state index is 0.0233. The average molecular weight is 398 g/mol. The first-order valence-corrected chi connectivity index (χ1v) is 9.87. The van der Waals surface area contributed by atoms with E-state index in [-0.39, 0.29) is 17.5 Å². The third-order valence-electron chi connectivity index (χ3n) is 5.47. The number of halogens is 1. The number of ketones is 1. The van der Waals surface area contributed by atoms with Gasteiger partial charge >= 0.3 is 0 Å². The van der Waals surface area contributed by atoms with Gasteiger partial charge in [-0.15, -0.1) is 10.2 Å². The minimum Gasteiger partial charge on any atom is -0.292 e. The van der Waals surface area contributed by atoms with Gasteiger partial charge in [0.1, 0.15) is 5.82 Å². The number of fused-ring (bicyclic) bond motifs is 3. The van der Waals surface area contributed by atoms with E-state index in [0.29, 0.717) is 24.2 Å². The minimum atomic E-state index is -0.296. The predicted octanol–water partition coefficient (Wildman–Crippen LogP) is 4.70. The lowest BCUT2D eigenvalue weighted by molar-refractivity contribution is 0.0950. The molecule has 2 heterocycles. The van der Waals surface area contributed by atoms with Crippen LogP contribution < -0.4 is 0 Å². The fourth-order valence-electron chi connectivity index (χ4n) is 4.01. The number of aryl methyl sites for hydroxylation is 1. The second kappa shape index (κ2) is 7.30. The molecule has 0 unspecified atom stereocenters. The van der Waals surface area contributed by atoms with E-state index < -0.39 is 0 Å². The Bertz CT molecular complexity index is 1280. The number of aromatic nitrogens is 4. The van der Waals surface area contributed by atoms with E-state index in [9.17, 15) is 9.18 Å². The van der Waals surface area contributed by atoms with Crippen LogP contribution in [0.5, 0.6) is 0 Å². The van der Waals surface area contributed by atoms with Crippen LogP contribution in [0.3, 0.4) is 0 Å². The Morgan fingerprint density at radius 2 is 1.80 bits per heavy atom. The second-order valence-corrected chi connectivity index (χ2v) is 7.56. The van der Waals surface area contributed by atoms with Crippen molar-refractivity contribution in [1.29, 1.82) is 0 Å². The van der Waals surface area contributed by atoms with Crippen LogP contribution in [-0.4, -0.2) is 25.6 Å². The summed E-state index contributed by atoms with van der Waals surface area (Å²) in [7, 11) is 0. The van der Waals surface area contributed by atoms with Gasteiger partial charge in [0, 0.05) is 6.42 Å². The molecule has 30 heavy (non-hydrogen) atoms. The number of carbonyl (C=O) groups is 1. The summed E-state index contributed by atoms with van der Waals surface area (Å²) >= 11 is 0. The maximum atomic E-state index is 13.4. The normalized spacial score (nSPS) is 16.3. The van der Waals surface area contributed by atoms with Crippen LogP contribution in [0.15, 0.2) is 60.7 Å². The van der Waals surface area contributed by atoms with Crippen LogP contribution in [0.1, 0.15) is 33.9 Å². The van der Waals surface area contributed by atoms with Gasteiger partial charge in [-0.2, -0.15) is 5.10 Å². The summed E-state index contributed by atoms with van der Waals surface area (Å²) < 4.78 is 15.1. The predicted molar refractivity (Wildman–Crippen MR) is 113 cm³/mol. The Morgan fingerprint density at radius 3 is 2.57 bits per heavy atom. The van der Waals surface area contributed by atoms with Crippen molar-refractivity contribution >= 4 is 17.5 Å². The van der Waals surface area contributed by atoms with Crippen LogP contribution in [0.2, 0.25) is 0 Å². The van der Waals surface area contributed by atoms with Crippen molar-refractivity contribution in [1.82, 2.24) is 19.8 Å². The molecule has 1 aliphatic rings. The van der Waals surface area contributed by atoms with E-state index in [1.807, 2.05) is 43.3 Å². The first kappa shape index (κ1) is 18.4. The highest BCUT2D eigenvalue weighted by Gasteiger charge is 2.29. The van der Waals surface area contributed by atoms with Crippen LogP contribution in [0, 0.1) is 18.7 Å². The Kier molecular flexibility index (Phi) is 4.47. The van der Waals surface area contributed by atoms with Gasteiger partial charge < -0.3 is 0 Å². The molecule has 0 saturated carbocycles. The number of hydrogen-bond donors (Lipinski definition) is 0. The molecule has 5 rings (SSSR count). The highest BCUT2D eigenvalue weighted by molar-refractivity contribution is 5.97. The molecular weight excluding hydrogens is 379 g/mol. The van der Waals surface area contributed by atoms with Crippen molar-refractivity contribution in [3.8, 4) is 11.1 Å². The number of benzene rings is 2. The summed E-state index contributed by atoms with van der Waals surface area (Å²) in [4.78, 5) is 12.7. The molecule has 0 aliphatic heterocycles. The van der Waals surface area contributed by atoms with Crippen molar-refractivity contribution in [2.45, 2.75) is 19.8 Å². The topological polar surface area (TPSA) is 60.1 Å². The first-order valence-electron chi connectivity index (χ1n) is 9.87. The maximum Gasteiger partial charge on any atom is 0.185 e. The summed E-state index contributed by atoms with van der Waals surface area (Å²) in [6, 6.07) is 16.3. The van der Waals surface area contributed by atoms with Gasteiger partial charge in [-0.3, -0.25) is 4.79 Å². The molecule has 6 heteroatoms. The molecule has 0 N–H and O–H groups in total. The summed E-state index contributed by atoms with van der Waals surface area (Å²) in [6.07, 6.45) is 5.19. The highest BCUT2D eigenvalue weighted by atomic mass is 19.1.